The molecule has 25 heavy (non-hydrogen) atoms. The highest BCUT2D eigenvalue weighted by atomic mass is 19.3. The minimum Gasteiger partial charge on any atom is -0.435 e. The molecular formula is C18H29F2N3O2. The minimum atomic E-state index is -2.86. The van der Waals surface area contributed by atoms with Crippen LogP contribution in [0.15, 0.2) is 29.3 Å². The number of benzene rings is 1. The molecule has 142 valence electrons. The number of nitrogens with zero attached hydrogens (tertiary/aromatic N) is 1. The van der Waals surface area contributed by atoms with E-state index >= 15 is 0 Å². The van der Waals surface area contributed by atoms with Crippen molar-refractivity contribution in [3.63, 3.8) is 0 Å². The van der Waals surface area contributed by atoms with E-state index in [-0.39, 0.29) is 12.3 Å². The fourth-order valence-electron chi connectivity index (χ4n) is 2.29. The van der Waals surface area contributed by atoms with Crippen LogP contribution >= 0.6 is 0 Å². The highest BCUT2D eigenvalue weighted by molar-refractivity contribution is 5.79. The normalized spacial score (nSPS) is 13.2. The summed E-state index contributed by atoms with van der Waals surface area (Å²) in [6, 6.07) is 5.96. The van der Waals surface area contributed by atoms with Crippen molar-refractivity contribution in [2.75, 3.05) is 19.6 Å². The summed E-state index contributed by atoms with van der Waals surface area (Å²) in [4.78, 5) is 4.55. The fourth-order valence-corrected chi connectivity index (χ4v) is 2.29. The van der Waals surface area contributed by atoms with Gasteiger partial charge in [-0.05, 0) is 30.5 Å². The van der Waals surface area contributed by atoms with Gasteiger partial charge in [-0.3, -0.25) is 4.99 Å². The lowest BCUT2D eigenvalue weighted by Gasteiger charge is -2.17. The Morgan fingerprint density at radius 2 is 1.76 bits per heavy atom. The van der Waals surface area contributed by atoms with E-state index in [1.165, 1.54) is 12.1 Å². The number of aliphatic hydroxyl groups is 1. The molecule has 0 aliphatic heterocycles. The summed E-state index contributed by atoms with van der Waals surface area (Å²) < 4.78 is 28.6. The maximum Gasteiger partial charge on any atom is 0.387 e. The molecule has 0 heterocycles. The molecular weight excluding hydrogens is 328 g/mol. The molecule has 0 aliphatic carbocycles. The number of aliphatic imine (C=N–C) groups is 1. The first kappa shape index (κ1) is 21.2. The lowest BCUT2D eigenvalue weighted by molar-refractivity contribution is -0.0498. The summed E-state index contributed by atoms with van der Waals surface area (Å²) in [6.45, 7) is 5.15. The first-order valence-electron chi connectivity index (χ1n) is 8.75. The third-order valence-corrected chi connectivity index (χ3v) is 3.96. The Morgan fingerprint density at radius 1 is 1.12 bits per heavy atom. The van der Waals surface area contributed by atoms with Crippen LogP contribution in [0, 0.1) is 5.92 Å². The first-order valence-corrected chi connectivity index (χ1v) is 8.75. The van der Waals surface area contributed by atoms with E-state index in [1.54, 1.807) is 12.1 Å². The Balaban J connectivity index is 2.58. The van der Waals surface area contributed by atoms with Crippen LogP contribution in [0.2, 0.25) is 0 Å². The van der Waals surface area contributed by atoms with Crippen LogP contribution in [0.5, 0.6) is 5.75 Å². The van der Waals surface area contributed by atoms with Gasteiger partial charge >= 0.3 is 6.61 Å². The molecule has 1 aromatic rings. The quantitative estimate of drug-likeness (QED) is 0.444. The second kappa shape index (κ2) is 11.6. The largest absolute Gasteiger partial charge is 0.435 e. The highest BCUT2D eigenvalue weighted by Gasteiger charge is 2.10. The van der Waals surface area contributed by atoms with Gasteiger partial charge in [0.1, 0.15) is 5.75 Å². The standard InChI is InChI=1S/C18H29F2N3O2/c1-4-13(5-2)11-22-18(21-6-3)23-12-16(24)14-7-9-15(10-8-14)25-17(19)20/h7-10,13,16-17,24H,4-6,11-12H2,1-3H3,(H2,21,22,23). The molecule has 1 unspecified atom stereocenters. The zero-order valence-electron chi connectivity index (χ0n) is 15.1. The molecule has 0 saturated heterocycles. The maximum atomic E-state index is 12.1. The van der Waals surface area contributed by atoms with Gasteiger partial charge in [0.05, 0.1) is 6.10 Å². The lowest BCUT2D eigenvalue weighted by atomic mass is 10.0. The molecule has 0 saturated carbocycles. The summed E-state index contributed by atoms with van der Waals surface area (Å²) in [5.74, 6) is 1.27. The van der Waals surface area contributed by atoms with E-state index in [2.05, 4.69) is 34.2 Å². The third kappa shape index (κ3) is 8.16. The number of hydrogen-bond donors (Lipinski definition) is 3. The second-order valence-electron chi connectivity index (χ2n) is 5.75. The molecule has 1 aromatic carbocycles. The average molecular weight is 357 g/mol. The van der Waals surface area contributed by atoms with Gasteiger partial charge in [-0.1, -0.05) is 38.8 Å². The molecule has 0 radical (unpaired) electrons. The number of guanidine groups is 1. The van der Waals surface area contributed by atoms with Crippen molar-refractivity contribution < 1.29 is 18.6 Å². The number of hydrogen-bond acceptors (Lipinski definition) is 3. The SMILES string of the molecule is CCNC(=NCC(CC)CC)NCC(O)c1ccc(OC(F)F)cc1. The molecule has 3 N–H and O–H groups in total. The number of alkyl halides is 2. The summed E-state index contributed by atoms with van der Waals surface area (Å²) >= 11 is 0. The Kier molecular flexibility index (Phi) is 9.84. The van der Waals surface area contributed by atoms with Crippen molar-refractivity contribution in [1.82, 2.24) is 10.6 Å². The van der Waals surface area contributed by atoms with Gasteiger partial charge in [0.25, 0.3) is 0 Å². The molecule has 0 spiro atoms. The highest BCUT2D eigenvalue weighted by Crippen LogP contribution is 2.19. The molecule has 0 aromatic heterocycles. The lowest BCUT2D eigenvalue weighted by Crippen LogP contribution is -2.39. The molecule has 0 fully saturated rings. The Hall–Kier alpha value is -1.89. The van der Waals surface area contributed by atoms with Crippen molar-refractivity contribution in [1.29, 1.82) is 0 Å². The molecule has 0 bridgehead atoms. The van der Waals surface area contributed by atoms with Crippen molar-refractivity contribution in [3.8, 4) is 5.75 Å². The van der Waals surface area contributed by atoms with Gasteiger partial charge in [-0.15, -0.1) is 0 Å². The Morgan fingerprint density at radius 3 is 2.28 bits per heavy atom. The van der Waals surface area contributed by atoms with Crippen LogP contribution in [-0.2, 0) is 0 Å². The predicted octanol–water partition coefficient (Wildman–Crippen LogP) is 3.31. The molecule has 0 aliphatic rings. The van der Waals surface area contributed by atoms with E-state index < -0.39 is 12.7 Å². The average Bonchev–Trinajstić information content (AvgIpc) is 2.60. The summed E-state index contributed by atoms with van der Waals surface area (Å²) in [5, 5.41) is 16.5. The molecule has 5 nitrogen and oxygen atoms in total. The van der Waals surface area contributed by atoms with E-state index in [9.17, 15) is 13.9 Å². The summed E-state index contributed by atoms with van der Waals surface area (Å²) in [7, 11) is 0. The van der Waals surface area contributed by atoms with Gasteiger partial charge in [0.15, 0.2) is 5.96 Å². The third-order valence-electron chi connectivity index (χ3n) is 3.96. The van der Waals surface area contributed by atoms with Crippen LogP contribution in [-0.4, -0.2) is 37.3 Å². The van der Waals surface area contributed by atoms with Gasteiger partial charge in [0, 0.05) is 19.6 Å². The van der Waals surface area contributed by atoms with E-state index in [4.69, 9.17) is 0 Å². The number of rotatable bonds is 10. The number of ether oxygens (including phenoxy) is 1. The van der Waals surface area contributed by atoms with E-state index in [0.29, 0.717) is 17.4 Å². The van der Waals surface area contributed by atoms with Crippen molar-refractivity contribution in [2.24, 2.45) is 10.9 Å². The van der Waals surface area contributed by atoms with Crippen molar-refractivity contribution >= 4 is 5.96 Å². The van der Waals surface area contributed by atoms with Crippen molar-refractivity contribution in [2.45, 2.75) is 46.3 Å². The molecule has 0 amide bonds. The zero-order valence-corrected chi connectivity index (χ0v) is 15.1. The number of halogens is 2. The van der Waals surface area contributed by atoms with Gasteiger partial charge in [0.2, 0.25) is 0 Å². The van der Waals surface area contributed by atoms with E-state index in [1.807, 2.05) is 6.92 Å². The van der Waals surface area contributed by atoms with Crippen LogP contribution < -0.4 is 15.4 Å². The van der Waals surface area contributed by atoms with Gasteiger partial charge < -0.3 is 20.5 Å². The van der Waals surface area contributed by atoms with Crippen LogP contribution in [0.4, 0.5) is 8.78 Å². The Bertz CT molecular complexity index is 506. The Labute approximate surface area is 148 Å². The first-order chi connectivity index (χ1) is 12.0. The molecule has 1 atom stereocenters. The summed E-state index contributed by atoms with van der Waals surface area (Å²) in [6.07, 6.45) is 1.38. The van der Waals surface area contributed by atoms with Gasteiger partial charge in [-0.25, -0.2) is 0 Å². The second-order valence-corrected chi connectivity index (χ2v) is 5.75. The monoisotopic (exact) mass is 357 g/mol. The van der Waals surface area contributed by atoms with Gasteiger partial charge in [-0.2, -0.15) is 8.78 Å². The van der Waals surface area contributed by atoms with Crippen LogP contribution in [0.1, 0.15) is 45.3 Å². The summed E-state index contributed by atoms with van der Waals surface area (Å²) in [5.41, 5.74) is 0.616. The zero-order chi connectivity index (χ0) is 18.7. The smallest absolute Gasteiger partial charge is 0.387 e. The number of nitrogens with one attached hydrogen (secondary N) is 2. The van der Waals surface area contributed by atoms with Crippen LogP contribution in [0.3, 0.4) is 0 Å². The van der Waals surface area contributed by atoms with E-state index in [0.717, 1.165) is 25.9 Å². The fraction of sp³-hybridized carbons (Fsp3) is 0.611. The molecule has 1 rings (SSSR count). The minimum absolute atomic E-state index is 0.0685. The van der Waals surface area contributed by atoms with Crippen LogP contribution in [0.25, 0.3) is 0 Å². The maximum absolute atomic E-state index is 12.1. The predicted molar refractivity (Wildman–Crippen MR) is 96.1 cm³/mol. The topological polar surface area (TPSA) is 65.9 Å². The molecule has 7 heteroatoms. The van der Waals surface area contributed by atoms with Crippen molar-refractivity contribution in [3.05, 3.63) is 29.8 Å². The number of aliphatic hydroxyl groups excluding tert-OH is 1.